The second-order valence-electron chi connectivity index (χ2n) is 11.6. The first-order chi connectivity index (χ1) is 16.0. The molecule has 9 heteroatoms. The molecule has 4 rings (SSSR count). The molecule has 2 aliphatic carbocycles. The molecule has 2 heterocycles. The van der Waals surface area contributed by atoms with E-state index < -0.39 is 18.1 Å². The number of carbonyl (C=O) groups excluding carboxylic acids is 4. The predicted molar refractivity (Wildman–Crippen MR) is 124 cm³/mol. The van der Waals surface area contributed by atoms with Crippen molar-refractivity contribution in [1.29, 1.82) is 5.26 Å². The van der Waals surface area contributed by atoms with Gasteiger partial charge in [0.1, 0.15) is 18.1 Å². The lowest BCUT2D eigenvalue weighted by Gasteiger charge is -2.34. The van der Waals surface area contributed by atoms with Crippen LogP contribution < -0.4 is 16.0 Å². The van der Waals surface area contributed by atoms with Crippen molar-refractivity contribution in [3.63, 3.8) is 0 Å². The zero-order valence-corrected chi connectivity index (χ0v) is 20.6. The van der Waals surface area contributed by atoms with E-state index in [1.165, 1.54) is 0 Å². The summed E-state index contributed by atoms with van der Waals surface area (Å²) < 4.78 is 0. The highest BCUT2D eigenvalue weighted by Crippen LogP contribution is 2.65. The normalized spacial score (nSPS) is 30.7. The summed E-state index contributed by atoms with van der Waals surface area (Å²) in [6.45, 7) is 9.29. The number of likely N-dealkylation sites (tertiary alicyclic amines) is 1. The van der Waals surface area contributed by atoms with Crippen LogP contribution in [0.2, 0.25) is 0 Å². The minimum Gasteiger partial charge on any atom is -0.356 e. The number of piperidine rings is 1. The first-order valence-electron chi connectivity index (χ1n) is 12.6. The molecule has 0 aromatic rings. The van der Waals surface area contributed by atoms with Crippen LogP contribution in [0.4, 0.5) is 0 Å². The molecule has 4 amide bonds. The number of fused-ring (bicyclic) bond motifs is 1. The Morgan fingerprint density at radius 2 is 1.88 bits per heavy atom. The summed E-state index contributed by atoms with van der Waals surface area (Å²) in [4.78, 5) is 53.1. The fraction of sp³-hybridized carbons (Fsp3) is 0.800. The van der Waals surface area contributed by atoms with E-state index in [1.807, 2.05) is 13.8 Å². The Kier molecular flexibility index (Phi) is 6.63. The minimum atomic E-state index is -0.791. The van der Waals surface area contributed by atoms with Gasteiger partial charge in [-0.1, -0.05) is 27.7 Å². The summed E-state index contributed by atoms with van der Waals surface area (Å²) in [5.74, 6) is -0.571. The fourth-order valence-corrected chi connectivity index (χ4v) is 5.90. The number of hydrogen-bond donors (Lipinski definition) is 3. The van der Waals surface area contributed by atoms with Crippen LogP contribution in [0.25, 0.3) is 0 Å². The highest BCUT2D eigenvalue weighted by Gasteiger charge is 2.69. The maximum atomic E-state index is 13.6. The Morgan fingerprint density at radius 1 is 1.18 bits per heavy atom. The topological polar surface area (TPSA) is 131 Å². The van der Waals surface area contributed by atoms with Gasteiger partial charge in [0.05, 0.1) is 6.07 Å². The van der Waals surface area contributed by atoms with Crippen LogP contribution in [0, 0.1) is 46.3 Å². The van der Waals surface area contributed by atoms with Gasteiger partial charge in [0.2, 0.25) is 23.6 Å². The standard InChI is InChI=1S/C25H37N5O4/c1-13(2)9-18(29-22(32)14-5-6-14)24(34)30-12-17-19(25(17,3)4)20(30)23(33)28-16(11-26)10-15-7-8-27-21(15)31/h13-20H,5-10,12H2,1-4H3,(H,27,31)(H,28,33)(H,29,32)/t15-,16-,17-,18-,19-,20-/m0/s1. The monoisotopic (exact) mass is 471 g/mol. The summed E-state index contributed by atoms with van der Waals surface area (Å²) in [6, 6.07) is 0.0000505. The molecule has 34 heavy (non-hydrogen) atoms. The molecule has 2 aliphatic heterocycles. The van der Waals surface area contributed by atoms with Gasteiger partial charge in [-0.15, -0.1) is 0 Å². The molecular weight excluding hydrogens is 434 g/mol. The van der Waals surface area contributed by atoms with Crippen molar-refractivity contribution in [2.75, 3.05) is 13.1 Å². The number of nitriles is 1. The number of nitrogens with zero attached hydrogens (tertiary/aromatic N) is 2. The van der Waals surface area contributed by atoms with Gasteiger partial charge in [-0.3, -0.25) is 19.2 Å². The number of amides is 4. The third kappa shape index (κ3) is 4.77. The molecule has 2 saturated heterocycles. The molecule has 0 radical (unpaired) electrons. The van der Waals surface area contributed by atoms with Gasteiger partial charge in [0.15, 0.2) is 0 Å². The lowest BCUT2D eigenvalue weighted by molar-refractivity contribution is -0.143. The largest absolute Gasteiger partial charge is 0.356 e. The smallest absolute Gasteiger partial charge is 0.245 e. The van der Waals surface area contributed by atoms with Crippen molar-refractivity contribution in [2.45, 2.75) is 77.9 Å². The van der Waals surface area contributed by atoms with Crippen LogP contribution in [0.3, 0.4) is 0 Å². The summed E-state index contributed by atoms with van der Waals surface area (Å²) in [6.07, 6.45) is 3.14. The van der Waals surface area contributed by atoms with Crippen LogP contribution in [0.15, 0.2) is 0 Å². The first-order valence-corrected chi connectivity index (χ1v) is 12.6. The molecule has 6 atom stereocenters. The lowest BCUT2D eigenvalue weighted by Crippen LogP contribution is -2.57. The zero-order valence-electron chi connectivity index (χ0n) is 20.6. The SMILES string of the molecule is CC(C)C[C@H](NC(=O)C1CC1)C(=O)N1C[C@H]2[C@@H]([C@H]1C(=O)N[C@H](C#N)C[C@@H]1CCNC1=O)C2(C)C. The molecule has 0 spiro atoms. The molecule has 4 fully saturated rings. The average molecular weight is 472 g/mol. The van der Waals surface area contributed by atoms with Gasteiger partial charge >= 0.3 is 0 Å². The van der Waals surface area contributed by atoms with Gasteiger partial charge in [-0.25, -0.2) is 0 Å². The van der Waals surface area contributed by atoms with Crippen LogP contribution >= 0.6 is 0 Å². The van der Waals surface area contributed by atoms with Crippen molar-refractivity contribution < 1.29 is 19.2 Å². The number of hydrogen-bond acceptors (Lipinski definition) is 5. The summed E-state index contributed by atoms with van der Waals surface area (Å²) in [5.41, 5.74) is -0.0585. The maximum Gasteiger partial charge on any atom is 0.245 e. The van der Waals surface area contributed by atoms with E-state index >= 15 is 0 Å². The quantitative estimate of drug-likeness (QED) is 0.461. The molecule has 2 saturated carbocycles. The van der Waals surface area contributed by atoms with Crippen molar-refractivity contribution in [2.24, 2.45) is 35.0 Å². The Labute approximate surface area is 201 Å². The molecule has 4 aliphatic rings. The highest BCUT2D eigenvalue weighted by molar-refractivity contribution is 5.94. The van der Waals surface area contributed by atoms with Gasteiger partial charge < -0.3 is 20.9 Å². The van der Waals surface area contributed by atoms with Gasteiger partial charge in [-0.05, 0) is 55.3 Å². The van der Waals surface area contributed by atoms with Gasteiger partial charge in [0, 0.05) is 24.9 Å². The van der Waals surface area contributed by atoms with Crippen molar-refractivity contribution in [3.05, 3.63) is 0 Å². The summed E-state index contributed by atoms with van der Waals surface area (Å²) in [5, 5.41) is 18.2. The molecule has 186 valence electrons. The second-order valence-corrected chi connectivity index (χ2v) is 11.6. The van der Waals surface area contributed by atoms with Crippen LogP contribution in [-0.4, -0.2) is 59.7 Å². The molecule has 0 aromatic heterocycles. The first kappa shape index (κ1) is 24.5. The van der Waals surface area contributed by atoms with Crippen LogP contribution in [-0.2, 0) is 19.2 Å². The van der Waals surface area contributed by atoms with E-state index in [0.717, 1.165) is 12.8 Å². The van der Waals surface area contributed by atoms with Gasteiger partial charge in [-0.2, -0.15) is 5.26 Å². The van der Waals surface area contributed by atoms with E-state index in [1.54, 1.807) is 4.90 Å². The molecule has 0 bridgehead atoms. The van der Waals surface area contributed by atoms with Crippen molar-refractivity contribution in [3.8, 4) is 6.07 Å². The Hall–Kier alpha value is -2.63. The number of carbonyl (C=O) groups is 4. The van der Waals surface area contributed by atoms with E-state index in [0.29, 0.717) is 25.9 Å². The Bertz CT molecular complexity index is 905. The number of nitrogens with one attached hydrogen (secondary N) is 3. The summed E-state index contributed by atoms with van der Waals surface area (Å²) in [7, 11) is 0. The fourth-order valence-electron chi connectivity index (χ4n) is 5.90. The Balaban J connectivity index is 1.48. The molecule has 0 unspecified atom stereocenters. The molecule has 9 nitrogen and oxygen atoms in total. The Morgan fingerprint density at radius 3 is 2.44 bits per heavy atom. The minimum absolute atomic E-state index is 0.00311. The maximum absolute atomic E-state index is 13.6. The third-order valence-corrected chi connectivity index (χ3v) is 8.19. The molecule has 0 aromatic carbocycles. The third-order valence-electron chi connectivity index (χ3n) is 8.19. The summed E-state index contributed by atoms with van der Waals surface area (Å²) >= 11 is 0. The van der Waals surface area contributed by atoms with Crippen molar-refractivity contribution in [1.82, 2.24) is 20.9 Å². The van der Waals surface area contributed by atoms with E-state index in [4.69, 9.17) is 0 Å². The van der Waals surface area contributed by atoms with Crippen LogP contribution in [0.1, 0.15) is 59.8 Å². The molecular formula is C25H37N5O4. The van der Waals surface area contributed by atoms with E-state index in [9.17, 15) is 24.4 Å². The predicted octanol–water partition coefficient (Wildman–Crippen LogP) is 0.945. The second kappa shape index (κ2) is 9.20. The van der Waals surface area contributed by atoms with E-state index in [2.05, 4.69) is 35.9 Å². The lowest BCUT2D eigenvalue weighted by atomic mass is 9.96. The van der Waals surface area contributed by atoms with E-state index in [-0.39, 0.29) is 65.1 Å². The molecule has 3 N–H and O–H groups in total. The van der Waals surface area contributed by atoms with Crippen LogP contribution in [0.5, 0.6) is 0 Å². The van der Waals surface area contributed by atoms with Gasteiger partial charge in [0.25, 0.3) is 0 Å². The highest BCUT2D eigenvalue weighted by atomic mass is 16.2. The van der Waals surface area contributed by atoms with Crippen molar-refractivity contribution >= 4 is 23.6 Å². The average Bonchev–Trinajstić information content (AvgIpc) is 3.59. The zero-order chi connectivity index (χ0) is 24.8. The number of rotatable bonds is 9.